The van der Waals surface area contributed by atoms with Crippen LogP contribution in [0.25, 0.3) is 11.0 Å². The Labute approximate surface area is 218 Å². The van der Waals surface area contributed by atoms with Crippen LogP contribution in [-0.2, 0) is 10.0 Å². The molecule has 2 heterocycles. The first kappa shape index (κ1) is 25.2. The van der Waals surface area contributed by atoms with E-state index in [1.54, 1.807) is 60.7 Å². The van der Waals surface area contributed by atoms with E-state index < -0.39 is 39.1 Å². The smallest absolute Gasteiger partial charge is 0.343 e. The van der Waals surface area contributed by atoms with Crippen molar-refractivity contribution >= 4 is 38.5 Å². The van der Waals surface area contributed by atoms with Gasteiger partial charge in [-0.2, -0.15) is 0 Å². The Morgan fingerprint density at radius 3 is 2.26 bits per heavy atom. The Bertz CT molecular complexity index is 1710. The van der Waals surface area contributed by atoms with Crippen molar-refractivity contribution in [2.75, 3.05) is 17.0 Å². The molecule has 1 aliphatic rings. The number of fused-ring (bicyclic) bond motifs is 2. The van der Waals surface area contributed by atoms with Crippen LogP contribution in [0.2, 0.25) is 0 Å². The van der Waals surface area contributed by atoms with Gasteiger partial charge >= 0.3 is 5.63 Å². The van der Waals surface area contributed by atoms with Crippen LogP contribution in [0.1, 0.15) is 51.1 Å². The van der Waals surface area contributed by atoms with Crippen molar-refractivity contribution in [3.63, 3.8) is 0 Å². The standard InChI is InChI=1S/C28H24N2O7S/c1-2-19(24-25(31)22-12-5-6-13-23(22)37-28(24)34)17-8-7-9-18(16-17)29-38(35,36)15-14-30-26(32)20-10-3-4-11-21(20)27(30)33/h3-13,16,19,29,31H,2,14-15H2,1H3. The van der Waals surface area contributed by atoms with E-state index >= 15 is 0 Å². The summed E-state index contributed by atoms with van der Waals surface area (Å²) in [5, 5.41) is 11.3. The van der Waals surface area contributed by atoms with Gasteiger partial charge < -0.3 is 9.52 Å². The SMILES string of the molecule is CCC(c1cccc(NS(=O)(=O)CCN2C(=O)c3ccccc3C2=O)c1)c1c(O)c2ccccc2oc1=O. The van der Waals surface area contributed by atoms with Crippen LogP contribution in [0.15, 0.2) is 82.0 Å². The van der Waals surface area contributed by atoms with Crippen molar-refractivity contribution in [1.29, 1.82) is 0 Å². The van der Waals surface area contributed by atoms with Crippen molar-refractivity contribution in [1.82, 2.24) is 4.90 Å². The summed E-state index contributed by atoms with van der Waals surface area (Å²) in [5.74, 6) is -2.27. The molecule has 0 aliphatic carbocycles. The molecular formula is C28H24N2O7S. The minimum Gasteiger partial charge on any atom is -0.507 e. The third-order valence-corrected chi connectivity index (χ3v) is 7.87. The van der Waals surface area contributed by atoms with Gasteiger partial charge in [-0.15, -0.1) is 0 Å². The number of benzene rings is 3. The summed E-state index contributed by atoms with van der Waals surface area (Å²) in [6, 6.07) is 19.5. The lowest BCUT2D eigenvalue weighted by Gasteiger charge is -2.18. The van der Waals surface area contributed by atoms with E-state index in [1.165, 1.54) is 12.1 Å². The predicted octanol–water partition coefficient (Wildman–Crippen LogP) is 4.08. The van der Waals surface area contributed by atoms with Crippen LogP contribution >= 0.6 is 0 Å². The van der Waals surface area contributed by atoms with E-state index in [2.05, 4.69) is 4.72 Å². The Kier molecular flexibility index (Phi) is 6.50. The van der Waals surface area contributed by atoms with Crippen LogP contribution in [0.3, 0.4) is 0 Å². The van der Waals surface area contributed by atoms with E-state index in [0.29, 0.717) is 17.4 Å². The number of imide groups is 1. The van der Waals surface area contributed by atoms with E-state index in [1.807, 2.05) is 6.92 Å². The summed E-state index contributed by atoms with van der Waals surface area (Å²) in [5.41, 5.74) is 1.05. The van der Waals surface area contributed by atoms with Gasteiger partial charge in [0.15, 0.2) is 0 Å². The third kappa shape index (κ3) is 4.54. The number of nitrogens with one attached hydrogen (secondary N) is 1. The highest BCUT2D eigenvalue weighted by atomic mass is 32.2. The van der Waals surface area contributed by atoms with Crippen molar-refractivity contribution in [2.24, 2.45) is 0 Å². The summed E-state index contributed by atoms with van der Waals surface area (Å²) < 4.78 is 33.6. The Morgan fingerprint density at radius 2 is 1.58 bits per heavy atom. The number of nitrogens with zero attached hydrogens (tertiary/aromatic N) is 1. The minimum absolute atomic E-state index is 0.0943. The molecule has 10 heteroatoms. The Balaban J connectivity index is 1.36. The van der Waals surface area contributed by atoms with Gasteiger partial charge in [0.05, 0.1) is 27.8 Å². The molecule has 2 amide bonds. The topological polar surface area (TPSA) is 134 Å². The van der Waals surface area contributed by atoms with Crippen molar-refractivity contribution in [2.45, 2.75) is 19.3 Å². The van der Waals surface area contributed by atoms with Crippen LogP contribution in [0.4, 0.5) is 5.69 Å². The molecule has 3 aromatic carbocycles. The van der Waals surface area contributed by atoms with Gasteiger partial charge in [-0.3, -0.25) is 19.2 Å². The molecule has 2 N–H and O–H groups in total. The minimum atomic E-state index is -3.94. The highest BCUT2D eigenvalue weighted by Gasteiger charge is 2.35. The molecule has 1 atom stereocenters. The molecule has 1 aromatic heterocycles. The first-order chi connectivity index (χ1) is 18.2. The van der Waals surface area contributed by atoms with Crippen molar-refractivity contribution in [3.05, 3.63) is 105 Å². The number of anilines is 1. The zero-order valence-electron chi connectivity index (χ0n) is 20.4. The molecule has 38 heavy (non-hydrogen) atoms. The fourth-order valence-corrected chi connectivity index (χ4v) is 5.78. The summed E-state index contributed by atoms with van der Waals surface area (Å²) >= 11 is 0. The summed E-state index contributed by atoms with van der Waals surface area (Å²) in [6.45, 7) is 1.54. The van der Waals surface area contributed by atoms with Gasteiger partial charge in [-0.05, 0) is 48.4 Å². The van der Waals surface area contributed by atoms with Crippen LogP contribution < -0.4 is 10.3 Å². The molecule has 1 aliphatic heterocycles. The zero-order chi connectivity index (χ0) is 27.0. The fraction of sp³-hybridized carbons (Fsp3) is 0.179. The van der Waals surface area contributed by atoms with E-state index in [9.17, 15) is 27.9 Å². The third-order valence-electron chi connectivity index (χ3n) is 6.60. The highest BCUT2D eigenvalue weighted by molar-refractivity contribution is 7.92. The summed E-state index contributed by atoms with van der Waals surface area (Å²) in [6.07, 6.45) is 0.437. The quantitative estimate of drug-likeness (QED) is 0.258. The van der Waals surface area contributed by atoms with Crippen LogP contribution in [-0.4, -0.2) is 42.5 Å². The zero-order valence-corrected chi connectivity index (χ0v) is 21.2. The molecular weight excluding hydrogens is 508 g/mol. The maximum atomic E-state index is 12.9. The number of carbonyl (C=O) groups excluding carboxylic acids is 2. The fourth-order valence-electron chi connectivity index (χ4n) is 4.76. The van der Waals surface area contributed by atoms with Crippen LogP contribution in [0, 0.1) is 0 Å². The first-order valence-electron chi connectivity index (χ1n) is 12.0. The molecule has 0 saturated carbocycles. The number of sulfonamides is 1. The maximum absolute atomic E-state index is 12.9. The second-order valence-electron chi connectivity index (χ2n) is 8.96. The van der Waals surface area contributed by atoms with E-state index in [0.717, 1.165) is 4.90 Å². The molecule has 0 bridgehead atoms. The van der Waals surface area contributed by atoms with Crippen molar-refractivity contribution < 1.29 is 27.5 Å². The van der Waals surface area contributed by atoms with Gasteiger partial charge in [0.25, 0.3) is 11.8 Å². The first-order valence-corrected chi connectivity index (χ1v) is 13.7. The van der Waals surface area contributed by atoms with Gasteiger partial charge in [-0.25, -0.2) is 13.2 Å². The van der Waals surface area contributed by atoms with E-state index in [-0.39, 0.29) is 40.3 Å². The summed E-state index contributed by atoms with van der Waals surface area (Å²) in [4.78, 5) is 38.8. The molecule has 0 radical (unpaired) electrons. The highest BCUT2D eigenvalue weighted by Crippen LogP contribution is 2.36. The van der Waals surface area contributed by atoms with Gasteiger partial charge in [0.1, 0.15) is 11.3 Å². The maximum Gasteiger partial charge on any atom is 0.343 e. The van der Waals surface area contributed by atoms with Crippen molar-refractivity contribution in [3.8, 4) is 5.75 Å². The Morgan fingerprint density at radius 1 is 0.921 bits per heavy atom. The second kappa shape index (κ2) is 9.79. The number of carbonyl (C=O) groups is 2. The average molecular weight is 533 g/mol. The van der Waals surface area contributed by atoms with Gasteiger partial charge in [0.2, 0.25) is 10.0 Å². The number of amides is 2. The van der Waals surface area contributed by atoms with Gasteiger partial charge in [0, 0.05) is 18.2 Å². The van der Waals surface area contributed by atoms with Crippen LogP contribution in [0.5, 0.6) is 5.75 Å². The second-order valence-corrected chi connectivity index (χ2v) is 10.8. The molecule has 9 nitrogen and oxygen atoms in total. The molecule has 0 spiro atoms. The molecule has 0 fully saturated rings. The number of hydrogen-bond acceptors (Lipinski definition) is 7. The lowest BCUT2D eigenvalue weighted by atomic mass is 9.88. The molecule has 4 aromatic rings. The number of rotatable bonds is 8. The average Bonchev–Trinajstić information content (AvgIpc) is 3.14. The largest absolute Gasteiger partial charge is 0.507 e. The Hall–Kier alpha value is -4.44. The molecule has 1 unspecified atom stereocenters. The number of para-hydroxylation sites is 1. The number of hydrogen-bond donors (Lipinski definition) is 2. The van der Waals surface area contributed by atoms with E-state index in [4.69, 9.17) is 4.42 Å². The molecule has 0 saturated heterocycles. The lowest BCUT2D eigenvalue weighted by molar-refractivity contribution is 0.0664. The normalized spacial score (nSPS) is 14.1. The summed E-state index contributed by atoms with van der Waals surface area (Å²) in [7, 11) is -3.94. The lowest BCUT2D eigenvalue weighted by Crippen LogP contribution is -2.35. The number of aromatic hydroxyl groups is 1. The predicted molar refractivity (Wildman–Crippen MR) is 142 cm³/mol. The molecule has 5 rings (SSSR count). The molecule has 194 valence electrons. The van der Waals surface area contributed by atoms with Gasteiger partial charge in [-0.1, -0.05) is 43.3 Å². The monoisotopic (exact) mass is 532 g/mol.